The van der Waals surface area contributed by atoms with Crippen LogP contribution in [-0.2, 0) is 19.3 Å². The molecule has 0 bridgehead atoms. The van der Waals surface area contributed by atoms with Crippen LogP contribution in [-0.4, -0.2) is 35.5 Å². The summed E-state index contributed by atoms with van der Waals surface area (Å²) in [5.41, 5.74) is 1.26. The van der Waals surface area contributed by atoms with Crippen LogP contribution in [0.4, 0.5) is 5.69 Å². The van der Waals surface area contributed by atoms with Crippen LogP contribution in [0.25, 0.3) is 0 Å². The Kier molecular flexibility index (Phi) is 12.4. The molecule has 0 radical (unpaired) electrons. The molecule has 1 aromatic carbocycles. The summed E-state index contributed by atoms with van der Waals surface area (Å²) >= 11 is 1.77. The quantitative estimate of drug-likeness (QED) is 0.112. The van der Waals surface area contributed by atoms with E-state index in [-0.39, 0.29) is 34.6 Å². The fourth-order valence-electron chi connectivity index (χ4n) is 2.67. The highest BCUT2D eigenvalue weighted by molar-refractivity contribution is 14.0. The van der Waals surface area contributed by atoms with Crippen molar-refractivity contribution in [3.8, 4) is 0 Å². The standard InChI is InChI=1S/C20H29N5O2S.HI/c1-3-18-15-24-19(28-18)12-14-23-20(21-4-2)22-13-6-5-7-16-8-10-17(11-9-16)25(26)27;/h8-11,15H,3-7,12-14H2,1-2H3,(H2,21,22,23);1H. The number of benzene rings is 1. The van der Waals surface area contributed by atoms with Gasteiger partial charge in [-0.1, -0.05) is 19.1 Å². The van der Waals surface area contributed by atoms with Gasteiger partial charge in [-0.2, -0.15) is 0 Å². The number of thiazole rings is 1. The van der Waals surface area contributed by atoms with Crippen LogP contribution in [0.2, 0.25) is 0 Å². The maximum Gasteiger partial charge on any atom is 0.269 e. The normalized spacial score (nSPS) is 11.0. The highest BCUT2D eigenvalue weighted by Gasteiger charge is 2.04. The van der Waals surface area contributed by atoms with Gasteiger partial charge in [0.2, 0.25) is 0 Å². The number of nitro groups is 1. The van der Waals surface area contributed by atoms with Crippen molar-refractivity contribution in [3.05, 3.63) is 56.0 Å². The zero-order valence-corrected chi connectivity index (χ0v) is 20.2. The lowest BCUT2D eigenvalue weighted by Gasteiger charge is -2.10. The van der Waals surface area contributed by atoms with Crippen LogP contribution in [0.3, 0.4) is 0 Å². The first-order chi connectivity index (χ1) is 13.6. The minimum absolute atomic E-state index is 0. The van der Waals surface area contributed by atoms with Gasteiger partial charge in [-0.05, 0) is 38.2 Å². The number of nitrogens with one attached hydrogen (secondary N) is 2. The number of aliphatic imine (C=N–C) groups is 1. The maximum absolute atomic E-state index is 10.7. The van der Waals surface area contributed by atoms with Gasteiger partial charge in [0.15, 0.2) is 5.96 Å². The molecule has 2 rings (SSSR count). The average Bonchev–Trinajstić information content (AvgIpc) is 3.16. The van der Waals surface area contributed by atoms with Crippen molar-refractivity contribution in [2.75, 3.05) is 19.6 Å². The number of hydrogen-bond acceptors (Lipinski definition) is 5. The third-order valence-electron chi connectivity index (χ3n) is 4.22. The molecular weight excluding hydrogens is 501 g/mol. The van der Waals surface area contributed by atoms with Crippen LogP contribution >= 0.6 is 35.3 Å². The number of nitro benzene ring substituents is 1. The Balaban J connectivity index is 0.00000420. The molecule has 0 aliphatic rings. The predicted octanol–water partition coefficient (Wildman–Crippen LogP) is 4.35. The zero-order chi connectivity index (χ0) is 20.2. The average molecular weight is 531 g/mol. The van der Waals surface area contributed by atoms with Crippen LogP contribution < -0.4 is 10.6 Å². The molecule has 7 nitrogen and oxygen atoms in total. The molecular formula is C20H30IN5O2S. The molecule has 9 heteroatoms. The Morgan fingerprint density at radius 3 is 2.55 bits per heavy atom. The minimum atomic E-state index is -0.370. The van der Waals surface area contributed by atoms with Crippen LogP contribution in [0.15, 0.2) is 35.5 Å². The summed E-state index contributed by atoms with van der Waals surface area (Å²) in [5.74, 6) is 0.838. The summed E-state index contributed by atoms with van der Waals surface area (Å²) in [6, 6.07) is 6.78. The van der Waals surface area contributed by atoms with E-state index in [4.69, 9.17) is 0 Å². The highest BCUT2D eigenvalue weighted by atomic mass is 127. The number of guanidine groups is 1. The molecule has 0 aliphatic heterocycles. The molecule has 2 N–H and O–H groups in total. The minimum Gasteiger partial charge on any atom is -0.357 e. The van der Waals surface area contributed by atoms with Crippen molar-refractivity contribution in [2.24, 2.45) is 4.99 Å². The van der Waals surface area contributed by atoms with E-state index in [1.54, 1.807) is 23.5 Å². The van der Waals surface area contributed by atoms with E-state index in [9.17, 15) is 10.1 Å². The van der Waals surface area contributed by atoms with Crippen molar-refractivity contribution >= 4 is 47.0 Å². The highest BCUT2D eigenvalue weighted by Crippen LogP contribution is 2.14. The Hall–Kier alpha value is -1.75. The fraction of sp³-hybridized carbons (Fsp3) is 0.500. The molecule has 160 valence electrons. The molecule has 0 atom stereocenters. The van der Waals surface area contributed by atoms with E-state index in [1.165, 1.54) is 4.88 Å². The van der Waals surface area contributed by atoms with Crippen LogP contribution in [0, 0.1) is 10.1 Å². The van der Waals surface area contributed by atoms with Gasteiger partial charge in [-0.15, -0.1) is 35.3 Å². The van der Waals surface area contributed by atoms with Gasteiger partial charge in [0, 0.05) is 49.3 Å². The van der Waals surface area contributed by atoms with E-state index >= 15 is 0 Å². The van der Waals surface area contributed by atoms with Gasteiger partial charge in [0.25, 0.3) is 5.69 Å². The topological polar surface area (TPSA) is 92.5 Å². The van der Waals surface area contributed by atoms with Crippen molar-refractivity contribution < 1.29 is 4.92 Å². The molecule has 0 spiro atoms. The van der Waals surface area contributed by atoms with Gasteiger partial charge in [0.05, 0.1) is 9.93 Å². The van der Waals surface area contributed by atoms with E-state index < -0.39 is 0 Å². The largest absolute Gasteiger partial charge is 0.357 e. The number of non-ortho nitro benzene ring substituents is 1. The number of aryl methyl sites for hydroxylation is 2. The lowest BCUT2D eigenvalue weighted by Crippen LogP contribution is -2.38. The molecule has 29 heavy (non-hydrogen) atoms. The number of halogens is 1. The van der Waals surface area contributed by atoms with E-state index in [2.05, 4.69) is 34.5 Å². The molecule has 0 saturated heterocycles. The second kappa shape index (κ2) is 14.3. The summed E-state index contributed by atoms with van der Waals surface area (Å²) in [7, 11) is 0. The number of aromatic nitrogens is 1. The van der Waals surface area contributed by atoms with E-state index in [1.807, 2.05) is 18.3 Å². The number of unbranched alkanes of at least 4 members (excludes halogenated alkanes) is 1. The maximum atomic E-state index is 10.7. The van der Waals surface area contributed by atoms with Crippen molar-refractivity contribution in [1.29, 1.82) is 0 Å². The summed E-state index contributed by atoms with van der Waals surface area (Å²) < 4.78 is 0. The Morgan fingerprint density at radius 1 is 1.17 bits per heavy atom. The molecule has 0 saturated carbocycles. The monoisotopic (exact) mass is 531 g/mol. The van der Waals surface area contributed by atoms with Crippen LogP contribution in [0.5, 0.6) is 0 Å². The molecule has 0 amide bonds. The Bertz CT molecular complexity index is 764. The third-order valence-corrected chi connectivity index (χ3v) is 5.42. The van der Waals surface area contributed by atoms with Gasteiger partial charge >= 0.3 is 0 Å². The van der Waals surface area contributed by atoms with E-state index in [0.717, 1.165) is 68.3 Å². The Labute approximate surface area is 193 Å². The molecule has 0 aliphatic carbocycles. The van der Waals surface area contributed by atoms with Gasteiger partial charge in [0.1, 0.15) is 0 Å². The van der Waals surface area contributed by atoms with Crippen molar-refractivity contribution in [2.45, 2.75) is 46.0 Å². The third kappa shape index (κ3) is 9.53. The predicted molar refractivity (Wildman–Crippen MR) is 131 cm³/mol. The molecule has 0 unspecified atom stereocenters. The first-order valence-electron chi connectivity index (χ1n) is 9.81. The lowest BCUT2D eigenvalue weighted by molar-refractivity contribution is -0.384. The molecule has 2 aromatic rings. The summed E-state index contributed by atoms with van der Waals surface area (Å²) in [6.07, 6.45) is 6.77. The van der Waals surface area contributed by atoms with E-state index in [0.29, 0.717) is 0 Å². The van der Waals surface area contributed by atoms with Crippen LogP contribution in [0.1, 0.15) is 42.1 Å². The van der Waals surface area contributed by atoms with Gasteiger partial charge in [-0.3, -0.25) is 15.1 Å². The zero-order valence-electron chi connectivity index (χ0n) is 17.0. The Morgan fingerprint density at radius 2 is 1.93 bits per heavy atom. The molecule has 1 aromatic heterocycles. The number of rotatable bonds is 11. The second-order valence-electron chi connectivity index (χ2n) is 6.39. The number of nitrogens with zero attached hydrogens (tertiary/aromatic N) is 3. The fourth-order valence-corrected chi connectivity index (χ4v) is 3.53. The first-order valence-corrected chi connectivity index (χ1v) is 10.6. The smallest absolute Gasteiger partial charge is 0.269 e. The summed E-state index contributed by atoms with van der Waals surface area (Å²) in [4.78, 5) is 20.7. The summed E-state index contributed by atoms with van der Waals surface area (Å²) in [6.45, 7) is 6.59. The second-order valence-corrected chi connectivity index (χ2v) is 7.59. The number of hydrogen-bond donors (Lipinski definition) is 2. The van der Waals surface area contributed by atoms with Crippen molar-refractivity contribution in [1.82, 2.24) is 15.6 Å². The van der Waals surface area contributed by atoms with Gasteiger partial charge < -0.3 is 10.6 Å². The first kappa shape index (κ1) is 25.3. The molecule has 0 fully saturated rings. The summed E-state index contributed by atoms with van der Waals surface area (Å²) in [5, 5.41) is 18.5. The SMILES string of the molecule is CCNC(=NCCCCc1ccc([N+](=O)[O-])cc1)NCCc1ncc(CC)s1.I. The van der Waals surface area contributed by atoms with Crippen molar-refractivity contribution in [3.63, 3.8) is 0 Å². The molecule has 1 heterocycles. The van der Waals surface area contributed by atoms with Gasteiger partial charge in [-0.25, -0.2) is 4.98 Å². The lowest BCUT2D eigenvalue weighted by atomic mass is 10.1.